The molecule has 0 radical (unpaired) electrons. The first kappa shape index (κ1) is 14.5. The molecule has 0 atom stereocenters. The molecule has 5 nitrogen and oxygen atoms in total. The Balaban J connectivity index is 2.07. The molecule has 4 N–H and O–H groups in total. The molecule has 108 valence electrons. The van der Waals surface area contributed by atoms with Gasteiger partial charge in [-0.3, -0.25) is 9.59 Å². The van der Waals surface area contributed by atoms with E-state index in [1.54, 1.807) is 18.2 Å². The highest BCUT2D eigenvalue weighted by Crippen LogP contribution is 2.26. The summed E-state index contributed by atoms with van der Waals surface area (Å²) in [7, 11) is 0. The van der Waals surface area contributed by atoms with Crippen LogP contribution in [0.15, 0.2) is 24.3 Å². The molecule has 1 aromatic rings. The van der Waals surface area contributed by atoms with Crippen LogP contribution in [0.1, 0.15) is 36.0 Å². The number of rotatable bonds is 5. The van der Waals surface area contributed by atoms with E-state index in [0.29, 0.717) is 24.3 Å². The molecule has 1 aliphatic rings. The summed E-state index contributed by atoms with van der Waals surface area (Å²) >= 11 is 0. The van der Waals surface area contributed by atoms with Gasteiger partial charge >= 0.3 is 0 Å². The lowest BCUT2D eigenvalue weighted by Crippen LogP contribution is -2.30. The summed E-state index contributed by atoms with van der Waals surface area (Å²) < 4.78 is 0. The third-order valence-electron chi connectivity index (χ3n) is 3.59. The smallest absolute Gasteiger partial charge is 0.253 e. The Morgan fingerprint density at radius 3 is 2.60 bits per heavy atom. The molecule has 0 saturated heterocycles. The van der Waals surface area contributed by atoms with Crippen LogP contribution in [0.4, 0.5) is 5.69 Å². The molecule has 0 unspecified atom stereocenters. The van der Waals surface area contributed by atoms with Crippen LogP contribution in [0.2, 0.25) is 0 Å². The molecule has 0 spiro atoms. The predicted octanol–water partition coefficient (Wildman–Crippen LogP) is 1.50. The molecule has 20 heavy (non-hydrogen) atoms. The number of amides is 2. The molecule has 1 aromatic carbocycles. The van der Waals surface area contributed by atoms with Crippen molar-refractivity contribution >= 4 is 17.5 Å². The second-order valence-corrected chi connectivity index (χ2v) is 5.06. The summed E-state index contributed by atoms with van der Waals surface area (Å²) in [5.74, 6) is -0.116. The lowest BCUT2D eigenvalue weighted by molar-refractivity contribution is -0.119. The first-order valence-corrected chi connectivity index (χ1v) is 7.10. The van der Waals surface area contributed by atoms with Crippen molar-refractivity contribution in [2.75, 3.05) is 18.4 Å². The Morgan fingerprint density at radius 1 is 1.20 bits per heavy atom. The van der Waals surface area contributed by atoms with Crippen LogP contribution in [-0.4, -0.2) is 24.9 Å². The fourth-order valence-electron chi connectivity index (χ4n) is 2.49. The van der Waals surface area contributed by atoms with Crippen molar-refractivity contribution in [3.8, 4) is 0 Å². The lowest BCUT2D eigenvalue weighted by atomic mass is 10.1. The minimum absolute atomic E-state index is 0.0153. The molecule has 0 bridgehead atoms. The Labute approximate surface area is 118 Å². The van der Waals surface area contributed by atoms with E-state index in [1.807, 2.05) is 6.07 Å². The number of hydrogen-bond acceptors (Lipinski definition) is 3. The number of carbonyl (C=O) groups excluding carboxylic acids is 2. The predicted molar refractivity (Wildman–Crippen MR) is 78.4 cm³/mol. The highest BCUT2D eigenvalue weighted by Gasteiger charge is 2.23. The minimum Gasteiger partial charge on any atom is -0.351 e. The SMILES string of the molecule is NCCNC(=O)c1ccccc1NC(=O)C1CCCC1. The fourth-order valence-corrected chi connectivity index (χ4v) is 2.49. The molecule has 0 aliphatic heterocycles. The highest BCUT2D eigenvalue weighted by molar-refractivity contribution is 6.04. The van der Waals surface area contributed by atoms with Gasteiger partial charge in [0.2, 0.25) is 5.91 Å². The number of nitrogens with two attached hydrogens (primary N) is 1. The molecule has 1 saturated carbocycles. The summed E-state index contributed by atoms with van der Waals surface area (Å²) in [4.78, 5) is 24.1. The summed E-state index contributed by atoms with van der Waals surface area (Å²) in [6.07, 6.45) is 4.09. The Bertz CT molecular complexity index is 482. The summed E-state index contributed by atoms with van der Waals surface area (Å²) in [6.45, 7) is 0.812. The van der Waals surface area contributed by atoms with Crippen molar-refractivity contribution in [1.82, 2.24) is 5.32 Å². The van der Waals surface area contributed by atoms with E-state index >= 15 is 0 Å². The van der Waals surface area contributed by atoms with Crippen molar-refractivity contribution in [2.45, 2.75) is 25.7 Å². The number of hydrogen-bond donors (Lipinski definition) is 3. The van der Waals surface area contributed by atoms with Crippen LogP contribution < -0.4 is 16.4 Å². The van der Waals surface area contributed by atoms with E-state index in [-0.39, 0.29) is 17.7 Å². The fraction of sp³-hybridized carbons (Fsp3) is 0.467. The molecule has 1 fully saturated rings. The molecule has 2 rings (SSSR count). The van der Waals surface area contributed by atoms with Gasteiger partial charge in [-0.25, -0.2) is 0 Å². The van der Waals surface area contributed by atoms with E-state index in [4.69, 9.17) is 5.73 Å². The van der Waals surface area contributed by atoms with Gasteiger partial charge < -0.3 is 16.4 Å². The van der Waals surface area contributed by atoms with E-state index in [1.165, 1.54) is 0 Å². The second-order valence-electron chi connectivity index (χ2n) is 5.06. The van der Waals surface area contributed by atoms with Crippen molar-refractivity contribution in [2.24, 2.45) is 11.7 Å². The minimum atomic E-state index is -0.210. The quantitative estimate of drug-likeness (QED) is 0.761. The maximum absolute atomic E-state index is 12.1. The standard InChI is InChI=1S/C15H21N3O2/c16-9-10-17-15(20)12-7-3-4-8-13(12)18-14(19)11-5-1-2-6-11/h3-4,7-8,11H,1-2,5-6,9-10,16H2,(H,17,20)(H,18,19). The normalized spacial score (nSPS) is 15.1. The van der Waals surface area contributed by atoms with Crippen LogP contribution >= 0.6 is 0 Å². The molecular formula is C15H21N3O2. The van der Waals surface area contributed by atoms with Crippen molar-refractivity contribution in [1.29, 1.82) is 0 Å². The van der Waals surface area contributed by atoms with E-state index in [9.17, 15) is 9.59 Å². The zero-order chi connectivity index (χ0) is 14.4. The van der Waals surface area contributed by atoms with Crippen LogP contribution in [0, 0.1) is 5.92 Å². The van der Waals surface area contributed by atoms with E-state index < -0.39 is 0 Å². The van der Waals surface area contributed by atoms with Crippen LogP contribution in [0.3, 0.4) is 0 Å². The van der Waals surface area contributed by atoms with Crippen molar-refractivity contribution in [3.05, 3.63) is 29.8 Å². The number of carbonyl (C=O) groups is 2. The molecule has 2 amide bonds. The van der Waals surface area contributed by atoms with Crippen molar-refractivity contribution in [3.63, 3.8) is 0 Å². The van der Waals surface area contributed by atoms with Crippen LogP contribution in [0.25, 0.3) is 0 Å². The molecule has 0 heterocycles. The van der Waals surface area contributed by atoms with Gasteiger partial charge in [-0.05, 0) is 25.0 Å². The third kappa shape index (κ3) is 3.57. The third-order valence-corrected chi connectivity index (χ3v) is 3.59. The number of para-hydroxylation sites is 1. The Kier molecular flexibility index (Phi) is 5.12. The van der Waals surface area contributed by atoms with Gasteiger partial charge in [-0.1, -0.05) is 25.0 Å². The summed E-state index contributed by atoms with van der Waals surface area (Å²) in [6, 6.07) is 7.05. The maximum Gasteiger partial charge on any atom is 0.253 e. The Hall–Kier alpha value is -1.88. The maximum atomic E-state index is 12.1. The van der Waals surface area contributed by atoms with Crippen molar-refractivity contribution < 1.29 is 9.59 Å². The topological polar surface area (TPSA) is 84.2 Å². The van der Waals surface area contributed by atoms with Gasteiger partial charge in [0.25, 0.3) is 5.91 Å². The monoisotopic (exact) mass is 275 g/mol. The van der Waals surface area contributed by atoms with Gasteiger partial charge in [0.05, 0.1) is 11.3 Å². The first-order chi connectivity index (χ1) is 9.72. The van der Waals surface area contributed by atoms with Gasteiger partial charge in [-0.15, -0.1) is 0 Å². The number of anilines is 1. The van der Waals surface area contributed by atoms with Crippen LogP contribution in [-0.2, 0) is 4.79 Å². The number of nitrogens with one attached hydrogen (secondary N) is 2. The highest BCUT2D eigenvalue weighted by atomic mass is 16.2. The average Bonchev–Trinajstić information content (AvgIpc) is 2.99. The zero-order valence-corrected chi connectivity index (χ0v) is 11.5. The zero-order valence-electron chi connectivity index (χ0n) is 11.5. The largest absolute Gasteiger partial charge is 0.351 e. The van der Waals surface area contributed by atoms with Gasteiger partial charge in [0.15, 0.2) is 0 Å². The first-order valence-electron chi connectivity index (χ1n) is 7.10. The molecular weight excluding hydrogens is 254 g/mol. The lowest BCUT2D eigenvalue weighted by Gasteiger charge is -2.13. The van der Waals surface area contributed by atoms with Gasteiger partial charge in [0.1, 0.15) is 0 Å². The number of benzene rings is 1. The summed E-state index contributed by atoms with van der Waals surface area (Å²) in [5.41, 5.74) is 6.42. The van der Waals surface area contributed by atoms with Gasteiger partial charge in [0, 0.05) is 19.0 Å². The molecule has 5 heteroatoms. The second kappa shape index (κ2) is 7.05. The van der Waals surface area contributed by atoms with Gasteiger partial charge in [-0.2, -0.15) is 0 Å². The summed E-state index contributed by atoms with van der Waals surface area (Å²) in [5, 5.41) is 5.60. The Morgan fingerprint density at radius 2 is 1.90 bits per heavy atom. The molecule has 0 aromatic heterocycles. The van der Waals surface area contributed by atoms with E-state index in [2.05, 4.69) is 10.6 Å². The molecule has 1 aliphatic carbocycles. The van der Waals surface area contributed by atoms with E-state index in [0.717, 1.165) is 25.7 Å². The average molecular weight is 275 g/mol. The van der Waals surface area contributed by atoms with Crippen LogP contribution in [0.5, 0.6) is 0 Å².